The molecular formula is C18H29NO. The summed E-state index contributed by atoms with van der Waals surface area (Å²) in [6.07, 6.45) is 7.01. The summed E-state index contributed by atoms with van der Waals surface area (Å²) in [7, 11) is 0. The number of hydrogen-bond acceptors (Lipinski definition) is 2. The molecule has 1 aromatic rings. The molecule has 0 spiro atoms. The first-order valence-corrected chi connectivity index (χ1v) is 8.17. The standard InChI is InChI=1S/C18H29NO/c1-4-15-8-7-10-17(12-15)19-13-16-9-5-6-11-18(16)20-14(2)3/h5-6,9,11,14-15,17,19H,4,7-8,10,12-13H2,1-3H3. The van der Waals surface area contributed by atoms with Crippen LogP contribution in [0.4, 0.5) is 0 Å². The monoisotopic (exact) mass is 275 g/mol. The fourth-order valence-corrected chi connectivity index (χ4v) is 3.12. The van der Waals surface area contributed by atoms with Crippen LogP contribution >= 0.6 is 0 Å². The van der Waals surface area contributed by atoms with E-state index >= 15 is 0 Å². The number of rotatable bonds is 6. The van der Waals surface area contributed by atoms with Gasteiger partial charge in [-0.2, -0.15) is 0 Å². The summed E-state index contributed by atoms with van der Waals surface area (Å²) in [6, 6.07) is 9.08. The van der Waals surface area contributed by atoms with E-state index in [1.54, 1.807) is 0 Å². The molecule has 0 amide bonds. The predicted molar refractivity (Wildman–Crippen MR) is 85.1 cm³/mol. The molecule has 2 heteroatoms. The van der Waals surface area contributed by atoms with Crippen molar-refractivity contribution >= 4 is 0 Å². The van der Waals surface area contributed by atoms with Gasteiger partial charge in [0, 0.05) is 18.2 Å². The molecule has 1 saturated carbocycles. The minimum atomic E-state index is 0.232. The average molecular weight is 275 g/mol. The molecule has 0 bridgehead atoms. The fraction of sp³-hybridized carbons (Fsp3) is 0.667. The van der Waals surface area contributed by atoms with Crippen molar-refractivity contribution in [3.63, 3.8) is 0 Å². The highest BCUT2D eigenvalue weighted by Gasteiger charge is 2.20. The van der Waals surface area contributed by atoms with Crippen molar-refractivity contribution in [3.05, 3.63) is 29.8 Å². The highest BCUT2D eigenvalue weighted by molar-refractivity contribution is 5.33. The largest absolute Gasteiger partial charge is 0.491 e. The third-order valence-corrected chi connectivity index (χ3v) is 4.28. The molecule has 1 aliphatic rings. The van der Waals surface area contributed by atoms with E-state index in [4.69, 9.17) is 4.74 Å². The Morgan fingerprint density at radius 3 is 2.80 bits per heavy atom. The third-order valence-electron chi connectivity index (χ3n) is 4.28. The molecular weight excluding hydrogens is 246 g/mol. The Morgan fingerprint density at radius 1 is 1.25 bits per heavy atom. The Kier molecular flexibility index (Phi) is 5.90. The van der Waals surface area contributed by atoms with Gasteiger partial charge in [0.2, 0.25) is 0 Å². The zero-order valence-corrected chi connectivity index (χ0v) is 13.2. The zero-order chi connectivity index (χ0) is 14.4. The van der Waals surface area contributed by atoms with Crippen molar-refractivity contribution in [2.45, 2.75) is 71.6 Å². The fourth-order valence-electron chi connectivity index (χ4n) is 3.12. The van der Waals surface area contributed by atoms with E-state index in [0.29, 0.717) is 6.04 Å². The van der Waals surface area contributed by atoms with Gasteiger partial charge in [-0.25, -0.2) is 0 Å². The van der Waals surface area contributed by atoms with Gasteiger partial charge < -0.3 is 10.1 Å². The number of ether oxygens (including phenoxy) is 1. The topological polar surface area (TPSA) is 21.3 Å². The van der Waals surface area contributed by atoms with Crippen molar-refractivity contribution in [3.8, 4) is 5.75 Å². The van der Waals surface area contributed by atoms with Crippen LogP contribution in [0, 0.1) is 5.92 Å². The highest BCUT2D eigenvalue weighted by Crippen LogP contribution is 2.27. The van der Waals surface area contributed by atoms with Gasteiger partial charge in [0.1, 0.15) is 5.75 Å². The highest BCUT2D eigenvalue weighted by atomic mass is 16.5. The third kappa shape index (κ3) is 4.52. The SMILES string of the molecule is CCC1CCCC(NCc2ccccc2OC(C)C)C1. The van der Waals surface area contributed by atoms with E-state index in [1.165, 1.54) is 37.7 Å². The minimum absolute atomic E-state index is 0.232. The summed E-state index contributed by atoms with van der Waals surface area (Å²) < 4.78 is 5.89. The van der Waals surface area contributed by atoms with E-state index in [1.807, 2.05) is 0 Å². The summed E-state index contributed by atoms with van der Waals surface area (Å²) >= 11 is 0. The molecule has 20 heavy (non-hydrogen) atoms. The second-order valence-electron chi connectivity index (χ2n) is 6.29. The lowest BCUT2D eigenvalue weighted by Crippen LogP contribution is -2.33. The summed E-state index contributed by atoms with van der Waals surface area (Å²) in [5, 5.41) is 3.74. The first-order valence-electron chi connectivity index (χ1n) is 8.17. The quantitative estimate of drug-likeness (QED) is 0.823. The van der Waals surface area contributed by atoms with Gasteiger partial charge in [-0.15, -0.1) is 0 Å². The lowest BCUT2D eigenvalue weighted by molar-refractivity contribution is 0.237. The van der Waals surface area contributed by atoms with Crippen LogP contribution in [0.5, 0.6) is 5.75 Å². The van der Waals surface area contributed by atoms with Crippen LogP contribution in [0.3, 0.4) is 0 Å². The van der Waals surface area contributed by atoms with E-state index in [9.17, 15) is 0 Å². The Labute approximate surface area is 123 Å². The molecule has 0 radical (unpaired) electrons. The molecule has 2 nitrogen and oxygen atoms in total. The van der Waals surface area contributed by atoms with Crippen molar-refractivity contribution in [1.82, 2.24) is 5.32 Å². The smallest absolute Gasteiger partial charge is 0.124 e. The van der Waals surface area contributed by atoms with Crippen LogP contribution in [-0.2, 0) is 6.54 Å². The van der Waals surface area contributed by atoms with E-state index in [0.717, 1.165) is 18.2 Å². The molecule has 0 aliphatic heterocycles. The lowest BCUT2D eigenvalue weighted by atomic mass is 9.84. The van der Waals surface area contributed by atoms with Crippen molar-refractivity contribution in [1.29, 1.82) is 0 Å². The second-order valence-corrected chi connectivity index (χ2v) is 6.29. The van der Waals surface area contributed by atoms with Crippen molar-refractivity contribution in [2.24, 2.45) is 5.92 Å². The summed E-state index contributed by atoms with van der Waals surface area (Å²) in [4.78, 5) is 0. The van der Waals surface area contributed by atoms with Gasteiger partial charge in [-0.3, -0.25) is 0 Å². The Bertz CT molecular complexity index is 402. The lowest BCUT2D eigenvalue weighted by Gasteiger charge is -2.29. The molecule has 0 aromatic heterocycles. The van der Waals surface area contributed by atoms with Crippen molar-refractivity contribution < 1.29 is 4.74 Å². The molecule has 1 fully saturated rings. The van der Waals surface area contributed by atoms with Crippen LogP contribution in [0.15, 0.2) is 24.3 Å². The molecule has 1 aromatic carbocycles. The molecule has 0 heterocycles. The molecule has 1 aliphatic carbocycles. The maximum atomic E-state index is 5.89. The Balaban J connectivity index is 1.90. The maximum Gasteiger partial charge on any atom is 0.124 e. The normalized spacial score (nSPS) is 23.0. The number of benzene rings is 1. The van der Waals surface area contributed by atoms with Crippen molar-refractivity contribution in [2.75, 3.05) is 0 Å². The second kappa shape index (κ2) is 7.68. The van der Waals surface area contributed by atoms with Gasteiger partial charge in [0.05, 0.1) is 6.10 Å². The molecule has 2 rings (SSSR count). The van der Waals surface area contributed by atoms with Crippen LogP contribution in [0.1, 0.15) is 58.4 Å². The van der Waals surface area contributed by atoms with Gasteiger partial charge in [0.15, 0.2) is 0 Å². The predicted octanol–water partition coefficient (Wildman–Crippen LogP) is 4.53. The van der Waals surface area contributed by atoms with E-state index < -0.39 is 0 Å². The molecule has 112 valence electrons. The molecule has 2 unspecified atom stereocenters. The molecule has 1 N–H and O–H groups in total. The zero-order valence-electron chi connectivity index (χ0n) is 13.2. The van der Waals surface area contributed by atoms with Crippen LogP contribution < -0.4 is 10.1 Å². The summed E-state index contributed by atoms with van der Waals surface area (Å²) in [5.74, 6) is 1.95. The Morgan fingerprint density at radius 2 is 2.05 bits per heavy atom. The van der Waals surface area contributed by atoms with Crippen LogP contribution in [0.2, 0.25) is 0 Å². The first kappa shape index (κ1) is 15.4. The summed E-state index contributed by atoms with van der Waals surface area (Å²) in [6.45, 7) is 7.40. The number of para-hydroxylation sites is 1. The number of hydrogen-bond donors (Lipinski definition) is 1. The van der Waals surface area contributed by atoms with Gasteiger partial charge in [-0.1, -0.05) is 44.4 Å². The van der Waals surface area contributed by atoms with Gasteiger partial charge >= 0.3 is 0 Å². The maximum absolute atomic E-state index is 5.89. The van der Waals surface area contributed by atoms with E-state index in [-0.39, 0.29) is 6.10 Å². The number of nitrogens with one attached hydrogen (secondary N) is 1. The molecule has 2 atom stereocenters. The van der Waals surface area contributed by atoms with Crippen LogP contribution in [-0.4, -0.2) is 12.1 Å². The van der Waals surface area contributed by atoms with Gasteiger partial charge in [-0.05, 0) is 38.7 Å². The van der Waals surface area contributed by atoms with Gasteiger partial charge in [0.25, 0.3) is 0 Å². The minimum Gasteiger partial charge on any atom is -0.491 e. The first-order chi connectivity index (χ1) is 9.69. The van der Waals surface area contributed by atoms with E-state index in [2.05, 4.69) is 50.4 Å². The molecule has 0 saturated heterocycles. The summed E-state index contributed by atoms with van der Waals surface area (Å²) in [5.41, 5.74) is 1.28. The Hall–Kier alpha value is -1.02. The van der Waals surface area contributed by atoms with Crippen LogP contribution in [0.25, 0.3) is 0 Å². The average Bonchev–Trinajstić information content (AvgIpc) is 2.46.